The van der Waals surface area contributed by atoms with Crippen molar-refractivity contribution in [3.8, 4) is 6.01 Å². The first kappa shape index (κ1) is 9.66. The summed E-state index contributed by atoms with van der Waals surface area (Å²) in [6.07, 6.45) is 4.75. The zero-order valence-corrected chi connectivity index (χ0v) is 9.94. The van der Waals surface area contributed by atoms with Crippen LogP contribution in [0.5, 0.6) is 6.01 Å². The summed E-state index contributed by atoms with van der Waals surface area (Å²) < 4.78 is 14.1. The number of fused-ring (bicyclic) bond motifs is 1. The number of imidazole rings is 1. The van der Waals surface area contributed by atoms with Crippen molar-refractivity contribution in [3.63, 3.8) is 0 Å². The first-order chi connectivity index (χ1) is 7.31. The van der Waals surface area contributed by atoms with Gasteiger partial charge in [0.2, 0.25) is 0 Å². The Morgan fingerprint density at radius 2 is 2.40 bits per heavy atom. The minimum Gasteiger partial charge on any atom is -0.457 e. The van der Waals surface area contributed by atoms with E-state index in [2.05, 4.69) is 20.9 Å². The molecular formula is C10H13BrN2O2. The molecule has 0 spiro atoms. The van der Waals surface area contributed by atoms with Gasteiger partial charge in [0, 0.05) is 12.8 Å². The maximum Gasteiger partial charge on any atom is 0.297 e. The van der Waals surface area contributed by atoms with Gasteiger partial charge in [-0.2, -0.15) is 4.98 Å². The highest BCUT2D eigenvalue weighted by Crippen LogP contribution is 2.29. The van der Waals surface area contributed by atoms with Crippen LogP contribution in [-0.2, 0) is 11.3 Å². The molecule has 1 aliphatic carbocycles. The highest BCUT2D eigenvalue weighted by atomic mass is 79.9. The lowest BCUT2D eigenvalue weighted by Crippen LogP contribution is -2.22. The number of nitrogens with zero attached hydrogens (tertiary/aromatic N) is 2. The molecule has 1 atom stereocenters. The average molecular weight is 273 g/mol. The molecule has 82 valence electrons. The average Bonchev–Trinajstić information content (AvgIpc) is 2.82. The SMILES string of the molecule is Brc1cn2c(n1)OC(COCC1CC1)C2. The van der Waals surface area contributed by atoms with E-state index in [0.717, 1.165) is 23.7 Å². The summed E-state index contributed by atoms with van der Waals surface area (Å²) in [5, 5.41) is 0. The smallest absolute Gasteiger partial charge is 0.297 e. The van der Waals surface area contributed by atoms with Crippen molar-refractivity contribution in [1.29, 1.82) is 0 Å². The molecule has 3 rings (SSSR count). The van der Waals surface area contributed by atoms with Crippen LogP contribution in [0.25, 0.3) is 0 Å². The van der Waals surface area contributed by atoms with Crippen LogP contribution in [0, 0.1) is 5.92 Å². The second-order valence-electron chi connectivity index (χ2n) is 4.22. The maximum absolute atomic E-state index is 5.63. The van der Waals surface area contributed by atoms with Crippen LogP contribution < -0.4 is 4.74 Å². The van der Waals surface area contributed by atoms with Gasteiger partial charge in [-0.15, -0.1) is 0 Å². The van der Waals surface area contributed by atoms with Crippen LogP contribution in [0.3, 0.4) is 0 Å². The van der Waals surface area contributed by atoms with E-state index < -0.39 is 0 Å². The van der Waals surface area contributed by atoms with Gasteiger partial charge in [-0.05, 0) is 34.7 Å². The lowest BCUT2D eigenvalue weighted by atomic mass is 10.4. The van der Waals surface area contributed by atoms with E-state index in [1.165, 1.54) is 12.8 Å². The normalized spacial score (nSPS) is 23.9. The van der Waals surface area contributed by atoms with Gasteiger partial charge < -0.3 is 9.47 Å². The Morgan fingerprint density at radius 1 is 1.53 bits per heavy atom. The fraction of sp³-hybridized carbons (Fsp3) is 0.700. The van der Waals surface area contributed by atoms with E-state index in [-0.39, 0.29) is 6.10 Å². The van der Waals surface area contributed by atoms with Gasteiger partial charge in [-0.3, -0.25) is 4.57 Å². The Bertz CT molecular complexity index is 339. The lowest BCUT2D eigenvalue weighted by molar-refractivity contribution is 0.0524. The Morgan fingerprint density at radius 3 is 3.13 bits per heavy atom. The number of halogens is 1. The van der Waals surface area contributed by atoms with Gasteiger partial charge in [-0.1, -0.05) is 0 Å². The zero-order valence-electron chi connectivity index (χ0n) is 8.36. The standard InChI is InChI=1S/C10H13BrN2O2/c11-9-4-13-3-8(15-10(13)12-9)6-14-5-7-1-2-7/h4,7-8H,1-3,5-6H2. The van der Waals surface area contributed by atoms with E-state index in [1.54, 1.807) is 0 Å². The molecule has 2 aliphatic rings. The highest BCUT2D eigenvalue weighted by molar-refractivity contribution is 9.10. The van der Waals surface area contributed by atoms with Crippen molar-refractivity contribution in [2.75, 3.05) is 13.2 Å². The first-order valence-electron chi connectivity index (χ1n) is 5.28. The number of rotatable bonds is 4. The Kier molecular flexibility index (Phi) is 2.44. The van der Waals surface area contributed by atoms with Gasteiger partial charge in [0.25, 0.3) is 6.01 Å². The summed E-state index contributed by atoms with van der Waals surface area (Å²) >= 11 is 3.31. The molecule has 4 nitrogen and oxygen atoms in total. The molecular weight excluding hydrogens is 260 g/mol. The molecule has 1 aromatic rings. The van der Waals surface area contributed by atoms with E-state index in [9.17, 15) is 0 Å². The third kappa shape index (κ3) is 2.18. The molecule has 0 N–H and O–H groups in total. The monoisotopic (exact) mass is 272 g/mol. The molecule has 1 saturated carbocycles. The van der Waals surface area contributed by atoms with Crippen LogP contribution in [0.15, 0.2) is 10.8 Å². The minimum absolute atomic E-state index is 0.138. The number of hydrogen-bond donors (Lipinski definition) is 0. The number of hydrogen-bond acceptors (Lipinski definition) is 3. The van der Waals surface area contributed by atoms with Crippen molar-refractivity contribution in [2.24, 2.45) is 5.92 Å². The van der Waals surface area contributed by atoms with E-state index in [1.807, 2.05) is 10.8 Å². The van der Waals surface area contributed by atoms with Crippen molar-refractivity contribution in [3.05, 3.63) is 10.8 Å². The molecule has 1 fully saturated rings. The molecule has 0 amide bonds. The summed E-state index contributed by atoms with van der Waals surface area (Å²) in [6.45, 7) is 2.42. The number of ether oxygens (including phenoxy) is 2. The fourth-order valence-corrected chi connectivity index (χ4v) is 2.14. The summed E-state index contributed by atoms with van der Waals surface area (Å²) in [7, 11) is 0. The molecule has 5 heteroatoms. The molecule has 1 aliphatic heterocycles. The summed E-state index contributed by atoms with van der Waals surface area (Å²) in [6, 6.07) is 0.696. The predicted octanol–water partition coefficient (Wildman–Crippen LogP) is 1.83. The molecule has 0 radical (unpaired) electrons. The maximum atomic E-state index is 5.63. The summed E-state index contributed by atoms with van der Waals surface area (Å²) in [5.74, 6) is 0.817. The van der Waals surface area contributed by atoms with Gasteiger partial charge in [0.1, 0.15) is 10.7 Å². The van der Waals surface area contributed by atoms with Crippen molar-refractivity contribution in [1.82, 2.24) is 9.55 Å². The predicted molar refractivity (Wildman–Crippen MR) is 57.9 cm³/mol. The van der Waals surface area contributed by atoms with Crippen LogP contribution in [0.2, 0.25) is 0 Å². The topological polar surface area (TPSA) is 36.3 Å². The van der Waals surface area contributed by atoms with E-state index in [0.29, 0.717) is 12.6 Å². The van der Waals surface area contributed by atoms with Crippen LogP contribution >= 0.6 is 15.9 Å². The quantitative estimate of drug-likeness (QED) is 0.839. The van der Waals surface area contributed by atoms with Crippen molar-refractivity contribution in [2.45, 2.75) is 25.5 Å². The largest absolute Gasteiger partial charge is 0.457 e. The van der Waals surface area contributed by atoms with Gasteiger partial charge >= 0.3 is 0 Å². The van der Waals surface area contributed by atoms with Gasteiger partial charge in [-0.25, -0.2) is 0 Å². The Hall–Kier alpha value is -0.550. The van der Waals surface area contributed by atoms with Crippen molar-refractivity contribution < 1.29 is 9.47 Å². The zero-order chi connectivity index (χ0) is 10.3. The summed E-state index contributed by atoms with van der Waals surface area (Å²) in [4.78, 5) is 4.20. The Balaban J connectivity index is 1.48. The van der Waals surface area contributed by atoms with E-state index >= 15 is 0 Å². The molecule has 15 heavy (non-hydrogen) atoms. The molecule has 0 saturated heterocycles. The number of aromatic nitrogens is 2. The lowest BCUT2D eigenvalue weighted by Gasteiger charge is -2.09. The van der Waals surface area contributed by atoms with Crippen LogP contribution in [-0.4, -0.2) is 28.9 Å². The molecule has 0 bridgehead atoms. The summed E-state index contributed by atoms with van der Waals surface area (Å²) in [5.41, 5.74) is 0. The highest BCUT2D eigenvalue weighted by Gasteiger charge is 2.26. The second-order valence-corrected chi connectivity index (χ2v) is 5.03. The minimum atomic E-state index is 0.138. The second kappa shape index (κ2) is 3.79. The van der Waals surface area contributed by atoms with Gasteiger partial charge in [0.05, 0.1) is 13.2 Å². The van der Waals surface area contributed by atoms with E-state index in [4.69, 9.17) is 9.47 Å². The van der Waals surface area contributed by atoms with Crippen LogP contribution in [0.1, 0.15) is 12.8 Å². The molecule has 2 heterocycles. The molecule has 1 aromatic heterocycles. The van der Waals surface area contributed by atoms with Crippen LogP contribution in [0.4, 0.5) is 0 Å². The first-order valence-corrected chi connectivity index (χ1v) is 6.07. The fourth-order valence-electron chi connectivity index (χ4n) is 1.74. The Labute approximate surface area is 96.7 Å². The van der Waals surface area contributed by atoms with Crippen molar-refractivity contribution >= 4 is 15.9 Å². The molecule has 0 aromatic carbocycles. The molecule has 1 unspecified atom stereocenters. The third-order valence-electron chi connectivity index (χ3n) is 2.74. The third-order valence-corrected chi connectivity index (χ3v) is 3.12. The van der Waals surface area contributed by atoms with Gasteiger partial charge in [0.15, 0.2) is 0 Å².